The standard InChI is InChI=1S/C43H58ClN5O6S/c1-5-41(50)49-22-21-47-20-19-46(26-37(47)27-49)29-43(54-4)17-8-9-30(2)31(3)56(52,53)45-42(51)33-13-16-40-39(24-33)48(25-34-12-15-38(34)43)18-7-6-10-32-23-36(44)14-11-35(32)28-55-40/h5,8,11,13-14,16-17,23-24,30-31,34,37-38H,1,6-7,9-10,12,15,18-22,25-29H2,2-4H3,(H,45,51)/b17-8+/t30-,31+,34-,37?,38+,43+/m0/s1. The zero-order valence-corrected chi connectivity index (χ0v) is 34.7. The number of carbonyl (C=O) groups is 2. The first-order valence-corrected chi connectivity index (χ1v) is 22.3. The summed E-state index contributed by atoms with van der Waals surface area (Å²) in [6.45, 7) is 14.8. The Morgan fingerprint density at radius 3 is 2.62 bits per heavy atom. The largest absolute Gasteiger partial charge is 0.487 e. The molecule has 4 heterocycles. The lowest BCUT2D eigenvalue weighted by atomic mass is 9.63. The Morgan fingerprint density at radius 2 is 1.86 bits per heavy atom. The van der Waals surface area contributed by atoms with Gasteiger partial charge in [-0.15, -0.1) is 0 Å². The highest BCUT2D eigenvalue weighted by molar-refractivity contribution is 7.90. The Labute approximate surface area is 338 Å². The predicted octanol–water partition coefficient (Wildman–Crippen LogP) is 5.53. The molecule has 0 aromatic heterocycles. The van der Waals surface area contributed by atoms with Crippen LogP contribution in [0.1, 0.15) is 67.4 Å². The summed E-state index contributed by atoms with van der Waals surface area (Å²) in [6.07, 6.45) is 11.0. The van der Waals surface area contributed by atoms with E-state index in [1.165, 1.54) is 11.6 Å². The number of fused-ring (bicyclic) bond motifs is 4. The van der Waals surface area contributed by atoms with Crippen molar-refractivity contribution >= 4 is 39.1 Å². The van der Waals surface area contributed by atoms with Crippen LogP contribution in [-0.2, 0) is 32.6 Å². The highest BCUT2D eigenvalue weighted by atomic mass is 35.5. The number of ether oxygens (including phenoxy) is 2. The zero-order chi connectivity index (χ0) is 39.6. The number of nitrogens with one attached hydrogen (secondary N) is 1. The van der Waals surface area contributed by atoms with Gasteiger partial charge < -0.3 is 19.3 Å². The van der Waals surface area contributed by atoms with Gasteiger partial charge in [0.1, 0.15) is 18.0 Å². The highest BCUT2D eigenvalue weighted by Gasteiger charge is 2.49. The SMILES string of the molecule is C=CC(=O)N1CCN2CCN(C[C@]3(OC)/C=C/C[C@H](C)[C@@H](C)S(=O)(=O)NC(=O)c4ccc5c(c4)N(CCCCc4cc(Cl)ccc4CO5)C[C@@H]4CC[C@H]43)CC2C1. The molecule has 4 aliphatic heterocycles. The van der Waals surface area contributed by atoms with Gasteiger partial charge in [0.2, 0.25) is 15.9 Å². The van der Waals surface area contributed by atoms with E-state index in [4.69, 9.17) is 21.1 Å². The fourth-order valence-electron chi connectivity index (χ4n) is 9.47. The first-order valence-electron chi connectivity index (χ1n) is 20.4. The molecular weight excluding hydrogens is 750 g/mol. The summed E-state index contributed by atoms with van der Waals surface area (Å²) >= 11 is 6.42. The lowest BCUT2D eigenvalue weighted by Crippen LogP contribution is -2.65. The molecule has 11 nitrogen and oxygen atoms in total. The minimum absolute atomic E-state index is 0.0166. The van der Waals surface area contributed by atoms with Crippen LogP contribution in [0, 0.1) is 17.8 Å². The Bertz CT molecular complexity index is 1930. The predicted molar refractivity (Wildman–Crippen MR) is 221 cm³/mol. The summed E-state index contributed by atoms with van der Waals surface area (Å²) in [5.41, 5.74) is 2.70. The number of methoxy groups -OCH3 is 1. The number of anilines is 1. The molecule has 56 heavy (non-hydrogen) atoms. The van der Waals surface area contributed by atoms with Crippen molar-refractivity contribution in [3.8, 4) is 5.75 Å². The van der Waals surface area contributed by atoms with Crippen molar-refractivity contribution in [2.24, 2.45) is 17.8 Å². The number of benzene rings is 2. The molecule has 2 aromatic rings. The van der Waals surface area contributed by atoms with Crippen LogP contribution in [0.5, 0.6) is 5.75 Å². The quantitative estimate of drug-likeness (QED) is 0.315. The van der Waals surface area contributed by atoms with Gasteiger partial charge in [-0.2, -0.15) is 0 Å². The number of hydrogen-bond donors (Lipinski definition) is 1. The number of rotatable bonds is 4. The van der Waals surface area contributed by atoms with Gasteiger partial charge in [0.25, 0.3) is 5.91 Å². The molecule has 1 aliphatic carbocycles. The van der Waals surface area contributed by atoms with Crippen LogP contribution in [0.15, 0.2) is 61.2 Å². The average Bonchev–Trinajstić information content (AvgIpc) is 3.21. The van der Waals surface area contributed by atoms with Gasteiger partial charge in [-0.1, -0.05) is 43.3 Å². The average molecular weight is 808 g/mol. The van der Waals surface area contributed by atoms with E-state index in [2.05, 4.69) is 38.2 Å². The highest BCUT2D eigenvalue weighted by Crippen LogP contribution is 2.47. The molecule has 1 saturated carbocycles. The maximum atomic E-state index is 13.7. The van der Waals surface area contributed by atoms with Crippen molar-refractivity contribution in [3.05, 3.63) is 82.9 Å². The van der Waals surface area contributed by atoms with Gasteiger partial charge in [-0.05, 0) is 111 Å². The van der Waals surface area contributed by atoms with Crippen LogP contribution in [0.2, 0.25) is 5.02 Å². The third-order valence-corrected chi connectivity index (χ3v) is 15.4. The molecule has 1 unspecified atom stereocenters. The molecule has 3 fully saturated rings. The van der Waals surface area contributed by atoms with E-state index in [1.807, 2.05) is 49.3 Å². The minimum Gasteiger partial charge on any atom is -0.487 e. The van der Waals surface area contributed by atoms with E-state index in [1.54, 1.807) is 13.0 Å². The summed E-state index contributed by atoms with van der Waals surface area (Å²) in [4.78, 5) is 35.5. The van der Waals surface area contributed by atoms with E-state index in [-0.39, 0.29) is 29.3 Å². The number of allylic oxidation sites excluding steroid dienone is 1. The van der Waals surface area contributed by atoms with Gasteiger partial charge in [-0.3, -0.25) is 19.4 Å². The zero-order valence-electron chi connectivity index (χ0n) is 33.1. The fourth-order valence-corrected chi connectivity index (χ4v) is 11.0. The lowest BCUT2D eigenvalue weighted by molar-refractivity contribution is -0.131. The molecule has 304 valence electrons. The van der Waals surface area contributed by atoms with E-state index >= 15 is 0 Å². The summed E-state index contributed by atoms with van der Waals surface area (Å²) < 4.78 is 43.0. The minimum atomic E-state index is -3.99. The van der Waals surface area contributed by atoms with Crippen LogP contribution >= 0.6 is 11.6 Å². The van der Waals surface area contributed by atoms with Crippen molar-refractivity contribution in [1.82, 2.24) is 19.4 Å². The second-order valence-corrected chi connectivity index (χ2v) is 19.1. The first kappa shape index (κ1) is 40.8. The van der Waals surface area contributed by atoms with Crippen molar-refractivity contribution in [2.45, 2.75) is 75.9 Å². The third kappa shape index (κ3) is 8.70. The summed E-state index contributed by atoms with van der Waals surface area (Å²) in [7, 11) is -2.18. The summed E-state index contributed by atoms with van der Waals surface area (Å²) in [5.74, 6) is 0.239. The molecule has 5 aliphatic rings. The Hall–Kier alpha value is -3.42. The Balaban J connectivity index is 1.23. The Morgan fingerprint density at radius 1 is 1.04 bits per heavy atom. The van der Waals surface area contributed by atoms with E-state index in [9.17, 15) is 18.0 Å². The topological polar surface area (TPSA) is 112 Å². The normalized spacial score (nSPS) is 30.9. The number of piperazine rings is 2. The molecule has 2 aromatic carbocycles. The van der Waals surface area contributed by atoms with Crippen molar-refractivity contribution < 1.29 is 27.5 Å². The van der Waals surface area contributed by atoms with Crippen LogP contribution in [0.3, 0.4) is 0 Å². The third-order valence-electron chi connectivity index (χ3n) is 13.3. The molecule has 1 N–H and O–H groups in total. The maximum Gasteiger partial charge on any atom is 0.264 e. The van der Waals surface area contributed by atoms with Gasteiger partial charge in [0.15, 0.2) is 0 Å². The first-order chi connectivity index (χ1) is 26.9. The number of nitrogens with zero attached hydrogens (tertiary/aromatic N) is 4. The number of hydrogen-bond acceptors (Lipinski definition) is 9. The van der Waals surface area contributed by atoms with Crippen molar-refractivity contribution in [3.63, 3.8) is 0 Å². The molecule has 2 amide bonds. The number of halogens is 1. The molecule has 6 atom stereocenters. The summed E-state index contributed by atoms with van der Waals surface area (Å²) in [5, 5.41) is -0.109. The molecule has 0 radical (unpaired) electrons. The molecule has 13 heteroatoms. The number of aryl methyl sites for hydroxylation is 1. The van der Waals surface area contributed by atoms with Crippen molar-refractivity contribution in [2.75, 3.05) is 70.9 Å². The van der Waals surface area contributed by atoms with Crippen molar-refractivity contribution in [1.29, 1.82) is 0 Å². The van der Waals surface area contributed by atoms with Crippen LogP contribution < -0.4 is 14.4 Å². The fraction of sp³-hybridized carbons (Fsp3) is 0.581. The smallest absolute Gasteiger partial charge is 0.264 e. The molecule has 0 spiro atoms. The lowest BCUT2D eigenvalue weighted by Gasteiger charge is -2.53. The van der Waals surface area contributed by atoms with Gasteiger partial charge in [-0.25, -0.2) is 13.1 Å². The van der Waals surface area contributed by atoms with E-state index in [0.717, 1.165) is 89.2 Å². The van der Waals surface area contributed by atoms with Crippen LogP contribution in [-0.4, -0.2) is 118 Å². The molecule has 7 rings (SSSR count). The number of sulfonamides is 1. The van der Waals surface area contributed by atoms with E-state index in [0.29, 0.717) is 42.8 Å². The molecule has 2 bridgehead atoms. The van der Waals surface area contributed by atoms with E-state index < -0.39 is 26.8 Å². The second-order valence-electron chi connectivity index (χ2n) is 16.6. The second kappa shape index (κ2) is 17.2. The van der Waals surface area contributed by atoms with Gasteiger partial charge in [0.05, 0.1) is 10.9 Å². The molecule has 2 saturated heterocycles. The number of amides is 2. The van der Waals surface area contributed by atoms with Gasteiger partial charge in [0, 0.05) is 82.6 Å². The maximum absolute atomic E-state index is 13.7. The van der Waals surface area contributed by atoms with Gasteiger partial charge >= 0.3 is 0 Å². The van der Waals surface area contributed by atoms with Crippen LogP contribution in [0.25, 0.3) is 0 Å². The molecular formula is C43H58ClN5O6S. The monoisotopic (exact) mass is 807 g/mol. The Kier molecular flexibility index (Phi) is 12.5. The number of carbonyl (C=O) groups excluding carboxylic acids is 2. The summed E-state index contributed by atoms with van der Waals surface area (Å²) in [6, 6.07) is 11.4. The van der Waals surface area contributed by atoms with Crippen LogP contribution in [0.4, 0.5) is 5.69 Å².